The van der Waals surface area contributed by atoms with E-state index in [0.29, 0.717) is 0 Å². The fourth-order valence-corrected chi connectivity index (χ4v) is 4.57. The molecule has 0 fully saturated rings. The first-order valence-electron chi connectivity index (χ1n) is 15.1. The molecule has 5 nitrogen and oxygen atoms in total. The zero-order valence-corrected chi connectivity index (χ0v) is 25.5. The molecule has 0 aromatic rings. The van der Waals surface area contributed by atoms with E-state index in [0.717, 1.165) is 23.7 Å². The Morgan fingerprint density at radius 2 is 0.800 bits per heavy atom. The van der Waals surface area contributed by atoms with Gasteiger partial charge in [0.2, 0.25) is 0 Å². The van der Waals surface area contributed by atoms with E-state index in [-0.39, 0.29) is 6.61 Å². The van der Waals surface area contributed by atoms with Crippen molar-refractivity contribution in [1.82, 2.24) is 0 Å². The third-order valence-electron chi connectivity index (χ3n) is 6.44. The van der Waals surface area contributed by atoms with Crippen LogP contribution in [0, 0.1) is 0 Å². The van der Waals surface area contributed by atoms with Gasteiger partial charge >= 0.3 is 7.82 Å². The summed E-state index contributed by atoms with van der Waals surface area (Å²) >= 11 is 0. The molecule has 0 unspecified atom stereocenters. The number of hydrogen-bond acceptors (Lipinski definition) is 2. The van der Waals surface area contributed by atoms with Gasteiger partial charge in [0.05, 0.1) is 34.3 Å². The molecule has 0 aromatic carbocycles. The molecule has 0 aliphatic carbocycles. The van der Waals surface area contributed by atoms with E-state index >= 15 is 0 Å². The van der Waals surface area contributed by atoms with Crippen molar-refractivity contribution in [2.75, 3.05) is 34.3 Å². The molecule has 0 atom stereocenters. The van der Waals surface area contributed by atoms with Crippen LogP contribution in [0.1, 0.15) is 155 Å². The lowest BCUT2D eigenvalue weighted by Crippen LogP contribution is -2.35. The largest absolute Gasteiger partial charge is 0.469 e. The van der Waals surface area contributed by atoms with Crippen molar-refractivity contribution in [2.45, 2.75) is 155 Å². The monoisotopic (exact) mass is 522 g/mol. The average Bonchev–Trinajstić information content (AvgIpc) is 2.77. The number of hydrogen-bond donors (Lipinski definition) is 2. The van der Waals surface area contributed by atoms with Crippen LogP contribution in [0.3, 0.4) is 0 Å². The fraction of sp³-hybridized carbons (Fsp3) is 1.00. The van der Waals surface area contributed by atoms with Crippen molar-refractivity contribution < 1.29 is 23.4 Å². The van der Waals surface area contributed by atoms with Crippen LogP contribution in [-0.4, -0.2) is 48.6 Å². The van der Waals surface area contributed by atoms with Gasteiger partial charge in [-0.05, 0) is 19.3 Å². The molecular weight excluding hydrogens is 457 g/mol. The first-order valence-corrected chi connectivity index (χ1v) is 16.7. The maximum Gasteiger partial charge on any atom is 0.469 e. The molecule has 2 N–H and O–H groups in total. The van der Waals surface area contributed by atoms with E-state index in [4.69, 9.17) is 9.79 Å². The first kappa shape index (κ1) is 37.2. The molecule has 0 spiro atoms. The summed E-state index contributed by atoms with van der Waals surface area (Å²) in [6.07, 6.45) is 29.2. The number of phosphoric acid groups is 1. The van der Waals surface area contributed by atoms with Gasteiger partial charge in [-0.25, -0.2) is 4.57 Å². The minimum atomic E-state index is -4.26. The Bertz CT molecular complexity index is 448. The van der Waals surface area contributed by atoms with Crippen molar-refractivity contribution in [3.8, 4) is 0 Å². The minimum Gasteiger partial charge on any atom is -0.331 e. The smallest absolute Gasteiger partial charge is 0.331 e. The third-order valence-corrected chi connectivity index (χ3v) is 6.96. The average molecular weight is 523 g/mol. The second kappa shape index (κ2) is 27.1. The summed E-state index contributed by atoms with van der Waals surface area (Å²) < 4.78 is 16.0. The van der Waals surface area contributed by atoms with Crippen molar-refractivity contribution in [1.29, 1.82) is 0 Å². The minimum absolute atomic E-state index is 0.169. The fourth-order valence-electron chi connectivity index (χ4n) is 4.20. The van der Waals surface area contributed by atoms with E-state index < -0.39 is 7.82 Å². The predicted molar refractivity (Wildman–Crippen MR) is 154 cm³/mol. The first-order chi connectivity index (χ1) is 16.6. The normalized spacial score (nSPS) is 12.0. The second-order valence-electron chi connectivity index (χ2n) is 11.4. The van der Waals surface area contributed by atoms with Gasteiger partial charge < -0.3 is 14.3 Å². The molecule has 0 amide bonds. The summed E-state index contributed by atoms with van der Waals surface area (Å²) in [6.45, 7) is 6.03. The molecule has 35 heavy (non-hydrogen) atoms. The van der Waals surface area contributed by atoms with Gasteiger partial charge in [-0.1, -0.05) is 136 Å². The quantitative estimate of drug-likeness (QED) is 0.0712. The lowest BCUT2D eigenvalue weighted by atomic mass is 10.0. The molecule has 0 saturated heterocycles. The molecule has 0 aromatic heterocycles. The van der Waals surface area contributed by atoms with Crippen LogP contribution in [0.25, 0.3) is 0 Å². The van der Waals surface area contributed by atoms with Gasteiger partial charge in [0.25, 0.3) is 0 Å². The highest BCUT2D eigenvalue weighted by Crippen LogP contribution is 2.35. The Balaban J connectivity index is 0. The summed E-state index contributed by atoms with van der Waals surface area (Å²) in [7, 11) is 2.55. The number of nitrogens with zero attached hydrogens (tertiary/aromatic N) is 1. The maximum atomic E-state index is 10.5. The van der Waals surface area contributed by atoms with Crippen LogP contribution >= 0.6 is 7.82 Å². The highest BCUT2D eigenvalue weighted by molar-refractivity contribution is 7.46. The Hall–Kier alpha value is 0.0700. The third kappa shape index (κ3) is 41.5. The topological polar surface area (TPSA) is 66.8 Å². The number of phosphoric ester groups is 1. The summed E-state index contributed by atoms with van der Waals surface area (Å²) in [4.78, 5) is 17.1. The molecule has 0 rings (SSSR count). The molecular formula is C29H65NO4P+. The number of unbranched alkanes of at least 4 members (excludes halogenated alkanes) is 20. The van der Waals surface area contributed by atoms with Crippen LogP contribution in [0.5, 0.6) is 0 Å². The number of rotatable bonds is 25. The highest BCUT2D eigenvalue weighted by atomic mass is 31.2. The summed E-state index contributed by atoms with van der Waals surface area (Å²) in [6, 6.07) is 0. The lowest BCUT2D eigenvalue weighted by Gasteiger charge is -2.23. The van der Waals surface area contributed by atoms with Gasteiger partial charge in [0, 0.05) is 0 Å². The van der Waals surface area contributed by atoms with Crippen molar-refractivity contribution in [3.63, 3.8) is 0 Å². The zero-order chi connectivity index (χ0) is 26.7. The molecule has 0 radical (unpaired) electrons. The Morgan fingerprint density at radius 1 is 0.514 bits per heavy atom. The van der Waals surface area contributed by atoms with Crippen molar-refractivity contribution in [2.24, 2.45) is 0 Å². The highest BCUT2D eigenvalue weighted by Gasteiger charge is 2.12. The van der Waals surface area contributed by atoms with Crippen LogP contribution in [0.4, 0.5) is 0 Å². The summed E-state index contributed by atoms with van der Waals surface area (Å²) in [5.41, 5.74) is 0. The SMILES string of the molecule is CCCCCCCCCCCCCCCCCCOP(=O)(O)O.CCCCCCCC[N+](C)(C)C. The molecule has 6 heteroatoms. The molecule has 0 aliphatic heterocycles. The molecule has 214 valence electrons. The number of quaternary nitrogens is 1. The molecule has 0 aliphatic rings. The maximum absolute atomic E-state index is 10.5. The zero-order valence-electron chi connectivity index (χ0n) is 24.6. The van der Waals surface area contributed by atoms with Gasteiger partial charge in [0.15, 0.2) is 0 Å². The van der Waals surface area contributed by atoms with Crippen molar-refractivity contribution in [3.05, 3.63) is 0 Å². The molecule has 0 bridgehead atoms. The van der Waals surface area contributed by atoms with Crippen LogP contribution < -0.4 is 0 Å². The van der Waals surface area contributed by atoms with Gasteiger partial charge in [-0.3, -0.25) is 4.52 Å². The van der Waals surface area contributed by atoms with Gasteiger partial charge in [-0.15, -0.1) is 0 Å². The Labute approximate surface area is 220 Å². The van der Waals surface area contributed by atoms with Gasteiger partial charge in [0.1, 0.15) is 0 Å². The van der Waals surface area contributed by atoms with Crippen molar-refractivity contribution >= 4 is 7.82 Å². The molecule has 0 heterocycles. The predicted octanol–water partition coefficient (Wildman–Crippen LogP) is 9.41. The van der Waals surface area contributed by atoms with E-state index in [2.05, 4.69) is 39.5 Å². The summed E-state index contributed by atoms with van der Waals surface area (Å²) in [5, 5.41) is 0. The Morgan fingerprint density at radius 3 is 1.09 bits per heavy atom. The second-order valence-corrected chi connectivity index (χ2v) is 12.6. The Kier molecular flexibility index (Phi) is 28.8. The van der Waals surface area contributed by atoms with Crippen LogP contribution in [-0.2, 0) is 9.09 Å². The van der Waals surface area contributed by atoms with E-state index in [1.54, 1.807) is 0 Å². The summed E-state index contributed by atoms with van der Waals surface area (Å²) in [5.74, 6) is 0. The molecule has 0 saturated carbocycles. The standard InChI is InChI=1S/C18H39O4P.C11H26N/c1-2-3-4-5-6-7-8-9-10-11-12-13-14-15-16-17-18-22-23(19,20)21;1-5-6-7-8-9-10-11-12(2,3)4/h2-18H2,1H3,(H2,19,20,21);5-11H2,1-4H3/q;+1. The lowest BCUT2D eigenvalue weighted by molar-refractivity contribution is -0.870. The van der Waals surface area contributed by atoms with Crippen LogP contribution in [0.15, 0.2) is 0 Å². The van der Waals surface area contributed by atoms with Crippen LogP contribution in [0.2, 0.25) is 0 Å². The van der Waals surface area contributed by atoms with E-state index in [1.807, 2.05) is 0 Å². The van der Waals surface area contributed by atoms with E-state index in [1.165, 1.54) is 129 Å². The van der Waals surface area contributed by atoms with E-state index in [9.17, 15) is 4.57 Å². The van der Waals surface area contributed by atoms with Gasteiger partial charge in [-0.2, -0.15) is 0 Å².